The van der Waals surface area contributed by atoms with Crippen molar-refractivity contribution in [3.05, 3.63) is 23.8 Å². The van der Waals surface area contributed by atoms with E-state index in [0.717, 1.165) is 13.1 Å². The second-order valence-corrected chi connectivity index (χ2v) is 5.03. The van der Waals surface area contributed by atoms with Gasteiger partial charge in [0, 0.05) is 25.2 Å². The van der Waals surface area contributed by atoms with Gasteiger partial charge in [0.25, 0.3) is 5.91 Å². The third-order valence-corrected chi connectivity index (χ3v) is 3.48. The van der Waals surface area contributed by atoms with Crippen LogP contribution in [0.15, 0.2) is 18.2 Å². The molecule has 6 heteroatoms. The zero-order chi connectivity index (χ0) is 15.2. The average Bonchev–Trinajstić information content (AvgIpc) is 2.52. The Balaban J connectivity index is 1.93. The molecule has 1 N–H and O–H groups in total. The molecule has 1 aliphatic heterocycles. The summed E-state index contributed by atoms with van der Waals surface area (Å²) in [6.45, 7) is 2.96. The van der Waals surface area contributed by atoms with E-state index in [2.05, 4.69) is 10.2 Å². The van der Waals surface area contributed by atoms with Crippen LogP contribution in [0, 0.1) is 0 Å². The van der Waals surface area contributed by atoms with Crippen LogP contribution in [0.3, 0.4) is 0 Å². The normalized spacial score (nSPS) is 19.1. The molecule has 21 heavy (non-hydrogen) atoms. The summed E-state index contributed by atoms with van der Waals surface area (Å²) in [6, 6.07) is 5.10. The zero-order valence-electron chi connectivity index (χ0n) is 12.7. The molecule has 1 heterocycles. The third kappa shape index (κ3) is 4.09. The molecule has 0 bridgehead atoms. The monoisotopic (exact) mass is 294 g/mol. The van der Waals surface area contributed by atoms with Crippen molar-refractivity contribution in [2.75, 3.05) is 47.5 Å². The van der Waals surface area contributed by atoms with Gasteiger partial charge in [0.1, 0.15) is 0 Å². The van der Waals surface area contributed by atoms with Crippen LogP contribution in [0.2, 0.25) is 0 Å². The number of nitrogens with zero attached hydrogens (tertiary/aromatic N) is 1. The van der Waals surface area contributed by atoms with Crippen molar-refractivity contribution < 1.29 is 19.0 Å². The van der Waals surface area contributed by atoms with Gasteiger partial charge in [0.05, 0.1) is 26.9 Å². The minimum absolute atomic E-state index is 0.0350. The molecule has 1 amide bonds. The third-order valence-electron chi connectivity index (χ3n) is 3.48. The molecule has 1 aliphatic rings. The first kappa shape index (κ1) is 15.6. The highest BCUT2D eigenvalue weighted by molar-refractivity contribution is 5.94. The molecular weight excluding hydrogens is 272 g/mol. The summed E-state index contributed by atoms with van der Waals surface area (Å²) in [7, 11) is 5.16. The molecule has 0 spiro atoms. The fraction of sp³-hybridized carbons (Fsp3) is 0.533. The maximum Gasteiger partial charge on any atom is 0.251 e. The number of likely N-dealkylation sites (N-methyl/N-ethyl adjacent to an activating group) is 1. The van der Waals surface area contributed by atoms with Gasteiger partial charge in [-0.3, -0.25) is 4.79 Å². The minimum Gasteiger partial charge on any atom is -0.493 e. The SMILES string of the molecule is COc1ccc(C(=O)NCC2CN(C)CCO2)cc1OC. The number of methoxy groups -OCH3 is 2. The summed E-state index contributed by atoms with van der Waals surface area (Å²) in [5.74, 6) is 0.998. The smallest absolute Gasteiger partial charge is 0.251 e. The summed E-state index contributed by atoms with van der Waals surface area (Å²) in [5.41, 5.74) is 0.539. The summed E-state index contributed by atoms with van der Waals surface area (Å²) in [6.07, 6.45) is 0.0350. The average molecular weight is 294 g/mol. The first-order valence-corrected chi connectivity index (χ1v) is 6.94. The van der Waals surface area contributed by atoms with E-state index >= 15 is 0 Å². The Labute approximate surface area is 125 Å². The van der Waals surface area contributed by atoms with Crippen molar-refractivity contribution in [3.8, 4) is 11.5 Å². The Morgan fingerprint density at radius 3 is 2.81 bits per heavy atom. The second kappa shape index (κ2) is 7.28. The van der Waals surface area contributed by atoms with Crippen LogP contribution >= 0.6 is 0 Å². The van der Waals surface area contributed by atoms with Crippen molar-refractivity contribution in [1.82, 2.24) is 10.2 Å². The largest absolute Gasteiger partial charge is 0.493 e. The van der Waals surface area contributed by atoms with Crippen molar-refractivity contribution in [3.63, 3.8) is 0 Å². The standard InChI is InChI=1S/C15H22N2O4/c1-17-6-7-21-12(10-17)9-16-15(18)11-4-5-13(19-2)14(8-11)20-3/h4-5,8,12H,6-7,9-10H2,1-3H3,(H,16,18). The number of nitrogens with one attached hydrogen (secondary N) is 1. The van der Waals surface area contributed by atoms with Crippen LogP contribution in [0.1, 0.15) is 10.4 Å². The van der Waals surface area contributed by atoms with Gasteiger partial charge < -0.3 is 24.4 Å². The van der Waals surface area contributed by atoms with E-state index in [1.54, 1.807) is 32.4 Å². The molecule has 0 saturated carbocycles. The van der Waals surface area contributed by atoms with Gasteiger partial charge in [0.15, 0.2) is 11.5 Å². The highest BCUT2D eigenvalue weighted by atomic mass is 16.5. The van der Waals surface area contributed by atoms with Crippen LogP contribution in [0.25, 0.3) is 0 Å². The van der Waals surface area contributed by atoms with Gasteiger partial charge in [0.2, 0.25) is 0 Å². The van der Waals surface area contributed by atoms with Crippen molar-refractivity contribution >= 4 is 5.91 Å². The number of morpholine rings is 1. The number of carbonyl (C=O) groups is 1. The number of amides is 1. The summed E-state index contributed by atoms with van der Waals surface area (Å²) in [4.78, 5) is 14.4. The van der Waals surface area contributed by atoms with Crippen molar-refractivity contribution in [1.29, 1.82) is 0 Å². The number of hydrogen-bond acceptors (Lipinski definition) is 5. The van der Waals surface area contributed by atoms with Crippen LogP contribution in [-0.2, 0) is 4.74 Å². The van der Waals surface area contributed by atoms with Crippen molar-refractivity contribution in [2.45, 2.75) is 6.10 Å². The van der Waals surface area contributed by atoms with Crippen LogP contribution in [0.5, 0.6) is 11.5 Å². The van der Waals surface area contributed by atoms with E-state index in [-0.39, 0.29) is 12.0 Å². The summed E-state index contributed by atoms with van der Waals surface area (Å²) in [5, 5.41) is 2.89. The van der Waals surface area contributed by atoms with Gasteiger partial charge in [-0.2, -0.15) is 0 Å². The molecule has 1 saturated heterocycles. The lowest BCUT2D eigenvalue weighted by atomic mass is 10.2. The van der Waals surface area contributed by atoms with Gasteiger partial charge in [-0.15, -0.1) is 0 Å². The summed E-state index contributed by atoms with van der Waals surface area (Å²) < 4.78 is 16.0. The van der Waals surface area contributed by atoms with E-state index in [1.165, 1.54) is 0 Å². The Morgan fingerprint density at radius 2 is 2.14 bits per heavy atom. The lowest BCUT2D eigenvalue weighted by Gasteiger charge is -2.30. The topological polar surface area (TPSA) is 60.0 Å². The van der Waals surface area contributed by atoms with E-state index in [4.69, 9.17) is 14.2 Å². The predicted molar refractivity (Wildman–Crippen MR) is 79.1 cm³/mol. The fourth-order valence-corrected chi connectivity index (χ4v) is 2.28. The van der Waals surface area contributed by atoms with Crippen LogP contribution < -0.4 is 14.8 Å². The van der Waals surface area contributed by atoms with E-state index in [9.17, 15) is 4.79 Å². The number of carbonyl (C=O) groups excluding carboxylic acids is 1. The molecule has 0 aliphatic carbocycles. The molecule has 1 atom stereocenters. The van der Waals surface area contributed by atoms with Crippen molar-refractivity contribution in [2.24, 2.45) is 0 Å². The molecule has 2 rings (SSSR count). The van der Waals surface area contributed by atoms with E-state index < -0.39 is 0 Å². The highest BCUT2D eigenvalue weighted by Gasteiger charge is 2.19. The van der Waals surface area contributed by atoms with Gasteiger partial charge in [-0.1, -0.05) is 0 Å². The number of benzene rings is 1. The van der Waals surface area contributed by atoms with Crippen LogP contribution in [0.4, 0.5) is 0 Å². The Hall–Kier alpha value is -1.79. The molecule has 116 valence electrons. The van der Waals surface area contributed by atoms with Crippen LogP contribution in [-0.4, -0.2) is 64.4 Å². The molecule has 1 aromatic carbocycles. The molecular formula is C15H22N2O4. The first-order chi connectivity index (χ1) is 10.1. The second-order valence-electron chi connectivity index (χ2n) is 5.03. The Morgan fingerprint density at radius 1 is 1.38 bits per heavy atom. The molecule has 1 aromatic rings. The maximum atomic E-state index is 12.2. The highest BCUT2D eigenvalue weighted by Crippen LogP contribution is 2.27. The number of ether oxygens (including phenoxy) is 3. The molecule has 6 nitrogen and oxygen atoms in total. The zero-order valence-corrected chi connectivity index (χ0v) is 12.7. The number of hydrogen-bond donors (Lipinski definition) is 1. The lowest BCUT2D eigenvalue weighted by molar-refractivity contribution is -0.0175. The number of rotatable bonds is 5. The Bertz CT molecular complexity index is 493. The lowest BCUT2D eigenvalue weighted by Crippen LogP contribution is -2.45. The Kier molecular flexibility index (Phi) is 5.41. The minimum atomic E-state index is -0.146. The first-order valence-electron chi connectivity index (χ1n) is 6.94. The molecule has 0 aromatic heterocycles. The summed E-state index contributed by atoms with van der Waals surface area (Å²) >= 11 is 0. The molecule has 1 unspecified atom stereocenters. The molecule has 0 radical (unpaired) electrons. The predicted octanol–water partition coefficient (Wildman–Crippen LogP) is 0.764. The maximum absolute atomic E-state index is 12.2. The van der Waals surface area contributed by atoms with Gasteiger partial charge >= 0.3 is 0 Å². The van der Waals surface area contributed by atoms with E-state index in [0.29, 0.717) is 30.2 Å². The molecule has 1 fully saturated rings. The fourth-order valence-electron chi connectivity index (χ4n) is 2.28. The van der Waals surface area contributed by atoms with Gasteiger partial charge in [-0.25, -0.2) is 0 Å². The quantitative estimate of drug-likeness (QED) is 0.869. The van der Waals surface area contributed by atoms with E-state index in [1.807, 2.05) is 7.05 Å². The van der Waals surface area contributed by atoms with Gasteiger partial charge in [-0.05, 0) is 25.2 Å².